The number of quaternary nitrogens is 1. The van der Waals surface area contributed by atoms with Gasteiger partial charge in [0.15, 0.2) is 6.04 Å². The summed E-state index contributed by atoms with van der Waals surface area (Å²) in [4.78, 5) is 24.8. The van der Waals surface area contributed by atoms with E-state index in [9.17, 15) is 9.59 Å². The number of carbonyl (C=O) groups is 2. The average Bonchev–Trinajstić information content (AvgIpc) is 2.48. The highest BCUT2D eigenvalue weighted by Gasteiger charge is 2.30. The van der Waals surface area contributed by atoms with Crippen LogP contribution in [-0.4, -0.2) is 49.6 Å². The molecular formula is C18H29N2O3+. The molecule has 5 heteroatoms. The van der Waals surface area contributed by atoms with Crippen LogP contribution in [0.5, 0.6) is 0 Å². The summed E-state index contributed by atoms with van der Waals surface area (Å²) in [5.41, 5.74) is 2.77. The quantitative estimate of drug-likeness (QED) is 0.647. The minimum atomic E-state index is -0.411. The summed E-state index contributed by atoms with van der Waals surface area (Å²) in [5, 5.41) is 2.93. The Morgan fingerprint density at radius 3 is 2.35 bits per heavy atom. The van der Waals surface area contributed by atoms with Crippen molar-refractivity contribution in [3.05, 3.63) is 28.8 Å². The van der Waals surface area contributed by atoms with Gasteiger partial charge in [0.25, 0.3) is 5.91 Å². The predicted molar refractivity (Wildman–Crippen MR) is 92.6 cm³/mol. The molecule has 0 heterocycles. The number of amides is 1. The van der Waals surface area contributed by atoms with Gasteiger partial charge in [-0.15, -0.1) is 0 Å². The van der Waals surface area contributed by atoms with Gasteiger partial charge in [-0.2, -0.15) is 0 Å². The number of ether oxygens (including phenoxy) is 1. The summed E-state index contributed by atoms with van der Waals surface area (Å²) < 4.78 is 5.69. The third-order valence-electron chi connectivity index (χ3n) is 4.47. The van der Waals surface area contributed by atoms with Crippen molar-refractivity contribution >= 4 is 17.6 Å². The Hall–Kier alpha value is -1.88. The van der Waals surface area contributed by atoms with Crippen molar-refractivity contribution < 1.29 is 18.8 Å². The predicted octanol–water partition coefficient (Wildman–Crippen LogP) is 2.90. The number of esters is 1. The van der Waals surface area contributed by atoms with Gasteiger partial charge in [0, 0.05) is 0 Å². The van der Waals surface area contributed by atoms with E-state index >= 15 is 0 Å². The standard InChI is InChI=1S/C18H28N2O3/c1-8-20(6,7)14(5)17(21)19-16-13(4)10-12(3)11-15(16)18(22)23-9-2/h10-11,14H,8-9H2,1-7H3/p+1. The lowest BCUT2D eigenvalue weighted by molar-refractivity contribution is -0.902. The van der Waals surface area contributed by atoms with E-state index < -0.39 is 5.97 Å². The second-order valence-electron chi connectivity index (χ2n) is 6.48. The summed E-state index contributed by atoms with van der Waals surface area (Å²) in [5.74, 6) is -0.513. The van der Waals surface area contributed by atoms with E-state index in [1.807, 2.05) is 47.9 Å². The molecule has 1 amide bonds. The monoisotopic (exact) mass is 321 g/mol. The number of carbonyl (C=O) groups excluding carboxylic acids is 2. The molecule has 0 radical (unpaired) electrons. The molecule has 0 aromatic heterocycles. The summed E-state index contributed by atoms with van der Waals surface area (Å²) in [6.07, 6.45) is 0. The minimum absolute atomic E-state index is 0.102. The number of hydrogen-bond donors (Lipinski definition) is 1. The fourth-order valence-corrected chi connectivity index (χ4v) is 2.32. The van der Waals surface area contributed by atoms with Gasteiger partial charge >= 0.3 is 5.97 Å². The number of nitrogens with zero attached hydrogens (tertiary/aromatic N) is 1. The van der Waals surface area contributed by atoms with Crippen molar-refractivity contribution in [3.8, 4) is 0 Å². The molecule has 0 fully saturated rings. The highest BCUT2D eigenvalue weighted by Crippen LogP contribution is 2.24. The average molecular weight is 321 g/mol. The Morgan fingerprint density at radius 1 is 1.22 bits per heavy atom. The molecule has 1 atom stereocenters. The van der Waals surface area contributed by atoms with Crippen LogP contribution in [0.2, 0.25) is 0 Å². The molecule has 0 aliphatic rings. The van der Waals surface area contributed by atoms with Gasteiger partial charge in [-0.25, -0.2) is 4.79 Å². The van der Waals surface area contributed by atoms with E-state index in [2.05, 4.69) is 5.32 Å². The first kappa shape index (κ1) is 19.2. The second kappa shape index (κ2) is 7.59. The molecule has 128 valence electrons. The lowest BCUT2D eigenvalue weighted by atomic mass is 10.0. The highest BCUT2D eigenvalue weighted by molar-refractivity contribution is 6.03. The maximum atomic E-state index is 12.6. The number of benzene rings is 1. The van der Waals surface area contributed by atoms with Gasteiger partial charge in [0.05, 0.1) is 38.5 Å². The zero-order chi connectivity index (χ0) is 17.8. The lowest BCUT2D eigenvalue weighted by Gasteiger charge is -2.34. The fraction of sp³-hybridized carbons (Fsp3) is 0.556. The first-order chi connectivity index (χ1) is 10.6. The van der Waals surface area contributed by atoms with Crippen molar-refractivity contribution in [2.75, 3.05) is 32.6 Å². The number of rotatable bonds is 6. The van der Waals surface area contributed by atoms with E-state index in [0.29, 0.717) is 22.3 Å². The first-order valence-corrected chi connectivity index (χ1v) is 8.05. The summed E-state index contributed by atoms with van der Waals surface area (Å²) in [7, 11) is 4.02. The van der Waals surface area contributed by atoms with Crippen molar-refractivity contribution in [1.29, 1.82) is 0 Å². The van der Waals surface area contributed by atoms with Crippen LogP contribution in [0.25, 0.3) is 0 Å². The second-order valence-corrected chi connectivity index (χ2v) is 6.48. The highest BCUT2D eigenvalue weighted by atomic mass is 16.5. The Kier molecular flexibility index (Phi) is 6.33. The molecule has 1 unspecified atom stereocenters. The summed E-state index contributed by atoms with van der Waals surface area (Å²) in [6.45, 7) is 10.7. The van der Waals surface area contributed by atoms with Gasteiger partial charge in [0.1, 0.15) is 0 Å². The van der Waals surface area contributed by atoms with Crippen molar-refractivity contribution in [2.45, 2.75) is 40.7 Å². The van der Waals surface area contributed by atoms with Crippen molar-refractivity contribution in [3.63, 3.8) is 0 Å². The molecule has 23 heavy (non-hydrogen) atoms. The lowest BCUT2D eigenvalue weighted by Crippen LogP contribution is -2.52. The Bertz CT molecular complexity index is 594. The number of aryl methyl sites for hydroxylation is 2. The van der Waals surface area contributed by atoms with E-state index in [0.717, 1.165) is 17.7 Å². The van der Waals surface area contributed by atoms with Crippen LogP contribution in [0.1, 0.15) is 42.3 Å². The van der Waals surface area contributed by atoms with Crippen LogP contribution in [0.3, 0.4) is 0 Å². The van der Waals surface area contributed by atoms with Crippen molar-refractivity contribution in [2.24, 2.45) is 0 Å². The molecule has 0 aliphatic carbocycles. The number of likely N-dealkylation sites (N-methyl/N-ethyl adjacent to an activating group) is 1. The Morgan fingerprint density at radius 2 is 1.83 bits per heavy atom. The SMILES string of the molecule is CCOC(=O)c1cc(C)cc(C)c1NC(=O)C(C)[N+](C)(C)CC. The molecular weight excluding hydrogens is 292 g/mol. The number of hydrogen-bond acceptors (Lipinski definition) is 3. The van der Waals surface area contributed by atoms with E-state index in [4.69, 9.17) is 4.74 Å². The largest absolute Gasteiger partial charge is 0.462 e. The smallest absolute Gasteiger partial charge is 0.340 e. The minimum Gasteiger partial charge on any atom is -0.462 e. The van der Waals surface area contributed by atoms with Gasteiger partial charge in [-0.05, 0) is 51.8 Å². The van der Waals surface area contributed by atoms with Crippen LogP contribution < -0.4 is 5.32 Å². The molecule has 1 rings (SSSR count). The fourth-order valence-electron chi connectivity index (χ4n) is 2.32. The van der Waals surface area contributed by atoms with E-state index in [1.165, 1.54) is 0 Å². The number of nitrogens with one attached hydrogen (secondary N) is 1. The topological polar surface area (TPSA) is 55.4 Å². The molecule has 1 aromatic rings. The van der Waals surface area contributed by atoms with Crippen LogP contribution in [0.4, 0.5) is 5.69 Å². The van der Waals surface area contributed by atoms with Gasteiger partial charge in [-0.1, -0.05) is 6.07 Å². The Balaban J connectivity index is 3.17. The van der Waals surface area contributed by atoms with Gasteiger partial charge in [-0.3, -0.25) is 4.79 Å². The van der Waals surface area contributed by atoms with E-state index in [-0.39, 0.29) is 11.9 Å². The maximum Gasteiger partial charge on any atom is 0.340 e. The molecule has 0 aliphatic heterocycles. The maximum absolute atomic E-state index is 12.6. The van der Waals surface area contributed by atoms with Gasteiger partial charge < -0.3 is 14.5 Å². The normalized spacial score (nSPS) is 12.7. The third kappa shape index (κ3) is 4.55. The van der Waals surface area contributed by atoms with Crippen LogP contribution in [-0.2, 0) is 9.53 Å². The van der Waals surface area contributed by atoms with E-state index in [1.54, 1.807) is 13.0 Å². The third-order valence-corrected chi connectivity index (χ3v) is 4.47. The molecule has 5 nitrogen and oxygen atoms in total. The first-order valence-electron chi connectivity index (χ1n) is 8.05. The Labute approximate surface area is 139 Å². The van der Waals surface area contributed by atoms with Crippen LogP contribution in [0.15, 0.2) is 12.1 Å². The molecule has 0 saturated carbocycles. The summed E-state index contributed by atoms with van der Waals surface area (Å²) >= 11 is 0. The van der Waals surface area contributed by atoms with Crippen molar-refractivity contribution in [1.82, 2.24) is 0 Å². The molecule has 0 saturated heterocycles. The number of anilines is 1. The molecule has 1 aromatic carbocycles. The summed E-state index contributed by atoms with van der Waals surface area (Å²) in [6, 6.07) is 3.48. The zero-order valence-corrected chi connectivity index (χ0v) is 15.3. The molecule has 1 N–H and O–H groups in total. The van der Waals surface area contributed by atoms with Crippen LogP contribution in [0, 0.1) is 13.8 Å². The molecule has 0 bridgehead atoms. The van der Waals surface area contributed by atoms with Gasteiger partial charge in [0.2, 0.25) is 0 Å². The molecule has 0 spiro atoms. The van der Waals surface area contributed by atoms with Crippen LogP contribution >= 0.6 is 0 Å². The zero-order valence-electron chi connectivity index (χ0n) is 15.3.